The van der Waals surface area contributed by atoms with Crippen LogP contribution in [-0.4, -0.2) is 53.4 Å². The van der Waals surface area contributed by atoms with E-state index in [9.17, 15) is 13.2 Å². The topological polar surface area (TPSA) is 108 Å². The van der Waals surface area contributed by atoms with E-state index in [1.165, 1.54) is 6.20 Å². The molecule has 0 radical (unpaired) electrons. The van der Waals surface area contributed by atoms with Crippen LogP contribution < -0.4 is 10.5 Å². The third-order valence-electron chi connectivity index (χ3n) is 4.80. The molecule has 8 nitrogen and oxygen atoms in total. The van der Waals surface area contributed by atoms with E-state index in [4.69, 9.17) is 10.5 Å². The molecule has 1 aliphatic heterocycles. The number of nitrogen functional groups attached to an aromatic ring is 1. The number of nitrogens with two attached hydrogens (primary N) is 1. The van der Waals surface area contributed by atoms with E-state index >= 15 is 0 Å². The van der Waals surface area contributed by atoms with Gasteiger partial charge >= 0.3 is 0 Å². The summed E-state index contributed by atoms with van der Waals surface area (Å²) < 4.78 is 31.0. The third kappa shape index (κ3) is 3.40. The molecule has 1 amide bonds. The van der Waals surface area contributed by atoms with E-state index in [0.717, 1.165) is 0 Å². The summed E-state index contributed by atoms with van der Waals surface area (Å²) in [5.74, 6) is 0.666. The number of fused-ring (bicyclic) bond motifs is 1. The molecule has 1 fully saturated rings. The second-order valence-corrected chi connectivity index (χ2v) is 9.09. The Hall–Kier alpha value is -3.07. The number of rotatable bonds is 3. The number of carbonyl (C=O) groups is 1. The maximum absolute atomic E-state index is 13.0. The van der Waals surface area contributed by atoms with Crippen LogP contribution in [0.4, 0.5) is 5.69 Å². The van der Waals surface area contributed by atoms with Crippen LogP contribution in [0.3, 0.4) is 0 Å². The second kappa shape index (κ2) is 6.83. The molecule has 0 spiro atoms. The Morgan fingerprint density at radius 3 is 2.68 bits per heavy atom. The minimum atomic E-state index is -3.06. The first-order chi connectivity index (χ1) is 13.3. The Morgan fingerprint density at radius 2 is 1.96 bits per heavy atom. The predicted octanol–water partition coefficient (Wildman–Crippen LogP) is 1.82. The summed E-state index contributed by atoms with van der Waals surface area (Å²) in [6, 6.07) is 8.86. The van der Waals surface area contributed by atoms with Crippen molar-refractivity contribution in [2.45, 2.75) is 0 Å². The first-order valence-corrected chi connectivity index (χ1v) is 10.6. The average molecular weight is 400 g/mol. The van der Waals surface area contributed by atoms with Crippen LogP contribution >= 0.6 is 0 Å². The number of amides is 1. The summed E-state index contributed by atoms with van der Waals surface area (Å²) in [6.07, 6.45) is 3.31. The van der Waals surface area contributed by atoms with Gasteiger partial charge in [-0.25, -0.2) is 13.4 Å². The van der Waals surface area contributed by atoms with Gasteiger partial charge in [0.2, 0.25) is 5.88 Å². The van der Waals surface area contributed by atoms with E-state index in [2.05, 4.69) is 4.98 Å². The van der Waals surface area contributed by atoms with Crippen LogP contribution in [0, 0.1) is 0 Å². The van der Waals surface area contributed by atoms with E-state index in [-0.39, 0.29) is 30.5 Å². The lowest BCUT2D eigenvalue weighted by Gasteiger charge is -2.27. The molecule has 3 aromatic rings. The Morgan fingerprint density at radius 1 is 1.21 bits per heavy atom. The lowest BCUT2D eigenvalue weighted by atomic mass is 10.2. The molecule has 1 saturated heterocycles. The number of hydrogen-bond acceptors (Lipinski definition) is 6. The highest BCUT2D eigenvalue weighted by Crippen LogP contribution is 2.31. The number of pyridine rings is 1. The van der Waals surface area contributed by atoms with Crippen LogP contribution in [-0.2, 0) is 16.9 Å². The number of ether oxygens (including phenoxy) is 1. The maximum atomic E-state index is 13.0. The monoisotopic (exact) mass is 400 g/mol. The molecule has 2 N–H and O–H groups in total. The molecule has 0 unspecified atom stereocenters. The molecule has 28 heavy (non-hydrogen) atoms. The van der Waals surface area contributed by atoms with E-state index in [0.29, 0.717) is 33.8 Å². The van der Waals surface area contributed by atoms with Gasteiger partial charge in [0.1, 0.15) is 5.75 Å². The third-order valence-corrected chi connectivity index (χ3v) is 6.41. The van der Waals surface area contributed by atoms with Gasteiger partial charge in [-0.2, -0.15) is 0 Å². The molecule has 3 heterocycles. The summed E-state index contributed by atoms with van der Waals surface area (Å²) in [5.41, 5.74) is 7.48. The standard InChI is InChI=1S/C19H20N4O4S/c1-22-6-5-15-17(22)16(19(24)23-7-9-28(25,26)10-8-23)12-21-18(15)27-14-4-2-3-13(20)11-14/h2-6,11-12H,7-10,20H2,1H3. The summed E-state index contributed by atoms with van der Waals surface area (Å²) in [5, 5.41) is 0.695. The zero-order valence-electron chi connectivity index (χ0n) is 15.3. The number of benzene rings is 1. The quantitative estimate of drug-likeness (QED) is 0.672. The zero-order chi connectivity index (χ0) is 19.9. The highest BCUT2D eigenvalue weighted by molar-refractivity contribution is 7.91. The van der Waals surface area contributed by atoms with Crippen molar-refractivity contribution in [2.75, 3.05) is 30.3 Å². The van der Waals surface area contributed by atoms with Gasteiger partial charge in [0.15, 0.2) is 9.84 Å². The Labute approximate surface area is 162 Å². The summed E-state index contributed by atoms with van der Waals surface area (Å²) in [6.45, 7) is 0.378. The van der Waals surface area contributed by atoms with Crippen LogP contribution in [0.5, 0.6) is 11.6 Å². The number of aryl methyl sites for hydroxylation is 1. The van der Waals surface area contributed by atoms with Crippen molar-refractivity contribution in [3.05, 3.63) is 48.3 Å². The van der Waals surface area contributed by atoms with E-state index in [1.807, 2.05) is 23.9 Å². The van der Waals surface area contributed by atoms with Crippen molar-refractivity contribution < 1.29 is 17.9 Å². The molecule has 0 atom stereocenters. The van der Waals surface area contributed by atoms with Gasteiger partial charge < -0.3 is 19.9 Å². The van der Waals surface area contributed by atoms with Gasteiger partial charge in [-0.05, 0) is 18.2 Å². The molecule has 4 rings (SSSR count). The number of nitrogens with zero attached hydrogens (tertiary/aromatic N) is 3. The molecule has 0 bridgehead atoms. The van der Waals surface area contributed by atoms with Crippen LogP contribution in [0.15, 0.2) is 42.7 Å². The fraction of sp³-hybridized carbons (Fsp3) is 0.263. The Kier molecular flexibility index (Phi) is 4.46. The van der Waals surface area contributed by atoms with Gasteiger partial charge in [0.25, 0.3) is 5.91 Å². The van der Waals surface area contributed by atoms with Crippen LogP contribution in [0.2, 0.25) is 0 Å². The largest absolute Gasteiger partial charge is 0.438 e. The molecule has 1 aromatic carbocycles. The van der Waals surface area contributed by atoms with E-state index in [1.54, 1.807) is 29.2 Å². The van der Waals surface area contributed by atoms with Gasteiger partial charge in [0.05, 0.1) is 28.0 Å². The highest BCUT2D eigenvalue weighted by atomic mass is 32.2. The van der Waals surface area contributed by atoms with Crippen LogP contribution in [0.25, 0.3) is 10.9 Å². The normalized spacial score (nSPS) is 16.2. The first kappa shape index (κ1) is 18.3. The van der Waals surface area contributed by atoms with E-state index < -0.39 is 9.84 Å². The minimum Gasteiger partial charge on any atom is -0.438 e. The van der Waals surface area contributed by atoms with Crippen LogP contribution in [0.1, 0.15) is 10.4 Å². The Balaban J connectivity index is 1.69. The van der Waals surface area contributed by atoms with Crippen molar-refractivity contribution in [2.24, 2.45) is 7.05 Å². The fourth-order valence-electron chi connectivity index (χ4n) is 3.30. The lowest BCUT2D eigenvalue weighted by molar-refractivity contribution is 0.0771. The fourth-order valence-corrected chi connectivity index (χ4v) is 4.51. The zero-order valence-corrected chi connectivity index (χ0v) is 16.1. The average Bonchev–Trinajstić information content (AvgIpc) is 3.04. The maximum Gasteiger partial charge on any atom is 0.257 e. The lowest BCUT2D eigenvalue weighted by Crippen LogP contribution is -2.43. The molecular formula is C19H20N4O4S. The van der Waals surface area contributed by atoms with Crippen molar-refractivity contribution in [3.8, 4) is 11.6 Å². The molecule has 0 aliphatic carbocycles. The summed E-state index contributed by atoms with van der Waals surface area (Å²) >= 11 is 0. The molecule has 2 aromatic heterocycles. The summed E-state index contributed by atoms with van der Waals surface area (Å²) in [7, 11) is -1.22. The number of hydrogen-bond donors (Lipinski definition) is 1. The molecule has 0 saturated carbocycles. The first-order valence-electron chi connectivity index (χ1n) is 8.81. The Bertz CT molecular complexity index is 1160. The predicted molar refractivity (Wildman–Crippen MR) is 106 cm³/mol. The number of carbonyl (C=O) groups excluding carboxylic acids is 1. The highest BCUT2D eigenvalue weighted by Gasteiger charge is 2.28. The molecular weight excluding hydrogens is 380 g/mol. The minimum absolute atomic E-state index is 0.0148. The van der Waals surface area contributed by atoms with Gasteiger partial charge in [-0.3, -0.25) is 4.79 Å². The molecule has 1 aliphatic rings. The number of sulfone groups is 1. The number of anilines is 1. The van der Waals surface area contributed by atoms with Crippen molar-refractivity contribution in [3.63, 3.8) is 0 Å². The summed E-state index contributed by atoms with van der Waals surface area (Å²) in [4.78, 5) is 18.9. The van der Waals surface area contributed by atoms with Crippen molar-refractivity contribution >= 4 is 32.3 Å². The number of aromatic nitrogens is 2. The second-order valence-electron chi connectivity index (χ2n) is 6.78. The van der Waals surface area contributed by atoms with Crippen molar-refractivity contribution in [1.82, 2.24) is 14.5 Å². The molecule has 146 valence electrons. The van der Waals surface area contributed by atoms with Crippen molar-refractivity contribution in [1.29, 1.82) is 0 Å². The van der Waals surface area contributed by atoms with Gasteiger partial charge in [-0.1, -0.05) is 6.07 Å². The smallest absolute Gasteiger partial charge is 0.257 e. The van der Waals surface area contributed by atoms with Gasteiger partial charge in [-0.15, -0.1) is 0 Å². The van der Waals surface area contributed by atoms with Gasteiger partial charge in [0, 0.05) is 44.3 Å². The molecule has 9 heteroatoms. The SMILES string of the molecule is Cn1ccc2c(Oc3cccc(N)c3)ncc(C(=O)N3CCS(=O)(=O)CC3)c21.